The minimum Gasteiger partial charge on any atom is -0.390 e. The number of carbonyl (C=O) groups excluding carboxylic acids is 4. The fraction of sp³-hybridized carbons (Fsp3) is 0.857. The fourth-order valence-electron chi connectivity index (χ4n) is 2.33. The van der Waals surface area contributed by atoms with E-state index in [4.69, 9.17) is 38.1 Å². The molecule has 0 aromatic carbocycles. The summed E-state index contributed by atoms with van der Waals surface area (Å²) < 4.78 is 20.8. The smallest absolute Gasteiger partial charge is 0.373 e. The Morgan fingerprint density at radius 1 is 0.808 bits per heavy atom. The normalized spacial score (nSPS) is 39.2. The average molecular weight is 382 g/mol. The van der Waals surface area contributed by atoms with E-state index in [1.807, 2.05) is 0 Å². The van der Waals surface area contributed by atoms with E-state index in [0.29, 0.717) is 0 Å². The molecule has 2 heterocycles. The second-order valence-corrected chi connectivity index (χ2v) is 5.42. The average Bonchev–Trinajstić information content (AvgIpc) is 2.61. The van der Waals surface area contributed by atoms with Gasteiger partial charge in [0.1, 0.15) is 24.4 Å². The molecule has 0 radical (unpaired) electrons. The van der Waals surface area contributed by atoms with E-state index in [1.165, 1.54) is 7.11 Å². The van der Waals surface area contributed by atoms with Crippen LogP contribution in [-0.4, -0.2) is 96.2 Å². The molecule has 2 rings (SSSR count). The molecule has 0 aliphatic carbocycles. The zero-order valence-corrected chi connectivity index (χ0v) is 14.1. The Bertz CT molecular complexity index is 447. The van der Waals surface area contributed by atoms with Gasteiger partial charge >= 0.3 is 12.3 Å². The molecule has 0 saturated carbocycles. The highest BCUT2D eigenvalue weighted by Crippen LogP contribution is 2.25. The van der Waals surface area contributed by atoms with Gasteiger partial charge in [0.05, 0.1) is 19.3 Å². The lowest BCUT2D eigenvalue weighted by Crippen LogP contribution is -2.58. The zero-order valence-electron chi connectivity index (χ0n) is 14.1. The Balaban J connectivity index is 0.000000918. The SMILES string of the molecule is COC1OC[C@H](OC2OC[C@@H](C)C(O)C2O)C(O)C1O.O=C=O.O=C=O. The molecule has 0 spiro atoms. The van der Waals surface area contributed by atoms with E-state index in [0.717, 1.165) is 0 Å². The number of rotatable bonds is 3. The van der Waals surface area contributed by atoms with Crippen LogP contribution in [-0.2, 0) is 38.1 Å². The summed E-state index contributed by atoms with van der Waals surface area (Å²) in [5, 5.41) is 39.4. The van der Waals surface area contributed by atoms with Crippen molar-refractivity contribution in [1.29, 1.82) is 0 Å². The van der Waals surface area contributed by atoms with Gasteiger partial charge < -0.3 is 39.4 Å². The predicted octanol–water partition coefficient (Wildman–Crippen LogP) is -3.36. The van der Waals surface area contributed by atoms with E-state index in [2.05, 4.69) is 0 Å². The second kappa shape index (κ2) is 12.7. The van der Waals surface area contributed by atoms with Gasteiger partial charge in [-0.05, 0) is 0 Å². The third-order valence-corrected chi connectivity index (χ3v) is 3.71. The summed E-state index contributed by atoms with van der Waals surface area (Å²) in [6.45, 7) is 1.96. The largest absolute Gasteiger partial charge is 0.390 e. The number of aliphatic hydroxyl groups is 4. The third kappa shape index (κ3) is 6.98. The monoisotopic (exact) mass is 382 g/mol. The minimum atomic E-state index is -1.26. The van der Waals surface area contributed by atoms with Crippen LogP contribution in [0.5, 0.6) is 0 Å². The number of hydrogen-bond acceptors (Lipinski definition) is 12. The molecule has 4 N–H and O–H groups in total. The van der Waals surface area contributed by atoms with Gasteiger partial charge in [-0.2, -0.15) is 19.2 Å². The van der Waals surface area contributed by atoms with Crippen LogP contribution in [0, 0.1) is 5.92 Å². The van der Waals surface area contributed by atoms with Gasteiger partial charge in [-0.15, -0.1) is 0 Å². The molecule has 2 aliphatic rings. The summed E-state index contributed by atoms with van der Waals surface area (Å²) in [5.74, 6) is -0.208. The summed E-state index contributed by atoms with van der Waals surface area (Å²) in [5.41, 5.74) is 0. The molecule has 2 fully saturated rings. The highest BCUT2D eigenvalue weighted by molar-refractivity contribution is 5.20. The van der Waals surface area contributed by atoms with E-state index in [-0.39, 0.29) is 31.4 Å². The van der Waals surface area contributed by atoms with Crippen molar-refractivity contribution in [3.8, 4) is 0 Å². The van der Waals surface area contributed by atoms with Crippen molar-refractivity contribution in [2.45, 2.75) is 50.0 Å². The van der Waals surface area contributed by atoms with Crippen LogP contribution in [0.2, 0.25) is 0 Å². The highest BCUT2D eigenvalue weighted by atomic mass is 16.7. The van der Waals surface area contributed by atoms with E-state index >= 15 is 0 Å². The van der Waals surface area contributed by atoms with Gasteiger partial charge in [0.2, 0.25) is 0 Å². The van der Waals surface area contributed by atoms with Gasteiger partial charge in [-0.3, -0.25) is 0 Å². The summed E-state index contributed by atoms with van der Waals surface area (Å²) in [6, 6.07) is 0. The fourth-order valence-corrected chi connectivity index (χ4v) is 2.33. The van der Waals surface area contributed by atoms with Crippen molar-refractivity contribution in [1.82, 2.24) is 0 Å². The minimum absolute atomic E-state index is 0.0189. The topological polar surface area (TPSA) is 186 Å². The van der Waals surface area contributed by atoms with Crippen molar-refractivity contribution in [3.05, 3.63) is 0 Å². The number of ether oxygens (including phenoxy) is 4. The van der Waals surface area contributed by atoms with Crippen LogP contribution >= 0.6 is 0 Å². The third-order valence-electron chi connectivity index (χ3n) is 3.71. The summed E-state index contributed by atoms with van der Waals surface area (Å²) >= 11 is 0. The molecule has 8 atom stereocenters. The molecule has 12 nitrogen and oxygen atoms in total. The first kappa shape index (κ1) is 24.4. The molecule has 0 bridgehead atoms. The van der Waals surface area contributed by atoms with Crippen LogP contribution < -0.4 is 0 Å². The summed E-state index contributed by atoms with van der Waals surface area (Å²) in [4.78, 5) is 32.5. The molecule has 6 unspecified atom stereocenters. The molecule has 0 aromatic heterocycles. The Kier molecular flexibility index (Phi) is 12.0. The van der Waals surface area contributed by atoms with Crippen molar-refractivity contribution in [2.75, 3.05) is 20.3 Å². The number of aliphatic hydroxyl groups excluding tert-OH is 4. The van der Waals surface area contributed by atoms with Crippen molar-refractivity contribution in [2.24, 2.45) is 5.92 Å². The first-order chi connectivity index (χ1) is 12.3. The van der Waals surface area contributed by atoms with Gasteiger partial charge in [0.15, 0.2) is 12.6 Å². The van der Waals surface area contributed by atoms with Gasteiger partial charge in [-0.1, -0.05) is 6.92 Å². The van der Waals surface area contributed by atoms with E-state index < -0.39 is 43.1 Å². The van der Waals surface area contributed by atoms with Crippen molar-refractivity contribution in [3.63, 3.8) is 0 Å². The maximum absolute atomic E-state index is 9.94. The van der Waals surface area contributed by atoms with Gasteiger partial charge in [-0.25, -0.2) is 0 Å². The Morgan fingerprint density at radius 2 is 1.27 bits per heavy atom. The molecule has 0 aromatic rings. The standard InChI is InChI=1S/C12H22O8.2CO2/c1-5-3-18-12(9(15)7(5)13)20-6-4-19-11(17-2)10(16)8(6)14;2*2-1-3/h5-16H,3-4H2,1-2H3;;/t5-,6+,7?,8?,9?,10?,11?,12?;;/m1../s1. The number of hydrogen-bond donors (Lipinski definition) is 4. The molecule has 26 heavy (non-hydrogen) atoms. The lowest BCUT2D eigenvalue weighted by molar-refractivity contribution is -0.322. The Morgan fingerprint density at radius 3 is 1.77 bits per heavy atom. The van der Waals surface area contributed by atoms with E-state index in [9.17, 15) is 20.4 Å². The Labute approximate surface area is 148 Å². The van der Waals surface area contributed by atoms with Crippen molar-refractivity contribution >= 4 is 12.3 Å². The molecule has 12 heteroatoms. The van der Waals surface area contributed by atoms with Gasteiger partial charge in [0.25, 0.3) is 0 Å². The molecule has 2 aliphatic heterocycles. The first-order valence-electron chi connectivity index (χ1n) is 7.41. The Hall–Kier alpha value is -1.56. The molecular formula is C14H22O12. The van der Waals surface area contributed by atoms with Crippen LogP contribution in [0.4, 0.5) is 0 Å². The highest BCUT2D eigenvalue weighted by Gasteiger charge is 2.44. The predicted molar refractivity (Wildman–Crippen MR) is 74.6 cm³/mol. The number of methoxy groups -OCH3 is 1. The van der Waals surface area contributed by atoms with Crippen LogP contribution in [0.25, 0.3) is 0 Å². The lowest BCUT2D eigenvalue weighted by atomic mass is 9.97. The molecular weight excluding hydrogens is 360 g/mol. The van der Waals surface area contributed by atoms with Crippen LogP contribution in [0.15, 0.2) is 0 Å². The van der Waals surface area contributed by atoms with E-state index in [1.54, 1.807) is 6.92 Å². The maximum atomic E-state index is 9.94. The second-order valence-electron chi connectivity index (χ2n) is 5.42. The van der Waals surface area contributed by atoms with Crippen LogP contribution in [0.3, 0.4) is 0 Å². The van der Waals surface area contributed by atoms with Crippen molar-refractivity contribution < 1.29 is 58.6 Å². The molecule has 2 saturated heterocycles. The van der Waals surface area contributed by atoms with Crippen LogP contribution in [0.1, 0.15) is 6.92 Å². The summed E-state index contributed by atoms with van der Waals surface area (Å²) in [7, 11) is 1.35. The summed E-state index contributed by atoms with van der Waals surface area (Å²) in [6.07, 6.45) is -7.06. The zero-order chi connectivity index (χ0) is 20.3. The molecule has 0 amide bonds. The first-order valence-corrected chi connectivity index (χ1v) is 7.41. The molecule has 150 valence electrons. The lowest BCUT2D eigenvalue weighted by Gasteiger charge is -2.41. The maximum Gasteiger partial charge on any atom is 0.373 e. The van der Waals surface area contributed by atoms with Gasteiger partial charge in [0, 0.05) is 13.0 Å². The quantitative estimate of drug-likeness (QED) is 0.380.